The van der Waals surface area contributed by atoms with Crippen molar-refractivity contribution in [2.75, 3.05) is 12.0 Å². The Hall–Kier alpha value is -3.42. The summed E-state index contributed by atoms with van der Waals surface area (Å²) in [6, 6.07) is 8.90. The fourth-order valence-corrected chi connectivity index (χ4v) is 4.45. The third kappa shape index (κ3) is 4.55. The Morgan fingerprint density at radius 3 is 2.79 bits per heavy atom. The van der Waals surface area contributed by atoms with Gasteiger partial charge in [0.05, 0.1) is 23.6 Å². The van der Waals surface area contributed by atoms with Crippen molar-refractivity contribution in [3.63, 3.8) is 0 Å². The number of nitrogens with one attached hydrogen (secondary N) is 1. The molecule has 8 nitrogen and oxygen atoms in total. The third-order valence-electron chi connectivity index (χ3n) is 6.14. The average Bonchev–Trinajstić information content (AvgIpc) is 3.38. The van der Waals surface area contributed by atoms with Gasteiger partial charge >= 0.3 is 0 Å². The zero-order valence-corrected chi connectivity index (χ0v) is 19.7. The van der Waals surface area contributed by atoms with E-state index in [0.717, 1.165) is 35.7 Å². The number of benzene rings is 1. The second kappa shape index (κ2) is 8.50. The van der Waals surface area contributed by atoms with E-state index in [0.29, 0.717) is 12.7 Å². The Kier molecular flexibility index (Phi) is 5.52. The average molecular weight is 446 g/mol. The van der Waals surface area contributed by atoms with E-state index in [9.17, 15) is 0 Å². The van der Waals surface area contributed by atoms with Crippen molar-refractivity contribution >= 4 is 17.5 Å². The minimum atomic E-state index is -0.0826. The van der Waals surface area contributed by atoms with E-state index in [-0.39, 0.29) is 11.5 Å². The van der Waals surface area contributed by atoms with Gasteiger partial charge in [0.15, 0.2) is 6.73 Å². The zero-order chi connectivity index (χ0) is 23.0. The van der Waals surface area contributed by atoms with Gasteiger partial charge in [-0.3, -0.25) is 9.69 Å². The van der Waals surface area contributed by atoms with Gasteiger partial charge in [-0.25, -0.2) is 9.97 Å². The molecule has 0 spiro atoms. The first kappa shape index (κ1) is 21.4. The molecule has 2 aromatic heterocycles. The second-order valence-electron chi connectivity index (χ2n) is 9.84. The second-order valence-corrected chi connectivity index (χ2v) is 9.84. The van der Waals surface area contributed by atoms with E-state index in [2.05, 4.69) is 59.4 Å². The molecular weight excluding hydrogens is 414 g/mol. The van der Waals surface area contributed by atoms with Crippen LogP contribution in [0, 0.1) is 5.41 Å². The number of anilines is 2. The molecule has 8 heteroatoms. The highest BCUT2D eigenvalue weighted by molar-refractivity contribution is 5.82. The van der Waals surface area contributed by atoms with E-state index in [1.54, 1.807) is 17.1 Å². The standard InChI is InChI=1S/C25H31N7O/c1-25(2,3)23-30-32(16-33-23)22-8-6-5-7-17-13-18(9-10-20(17)22)21-11-12-26-24(29-21)28-19-14-27-31(4)15-19/h9-15,22H,5-8,16H2,1-4H3,(H,26,28,29)/t22-/m0/s1. The van der Waals surface area contributed by atoms with Gasteiger partial charge in [0, 0.05) is 30.4 Å². The quantitative estimate of drug-likeness (QED) is 0.567. The highest BCUT2D eigenvalue weighted by atomic mass is 16.5. The van der Waals surface area contributed by atoms with E-state index in [1.165, 1.54) is 24.0 Å². The summed E-state index contributed by atoms with van der Waals surface area (Å²) in [7, 11) is 1.88. The summed E-state index contributed by atoms with van der Waals surface area (Å²) in [4.78, 5) is 9.11. The number of nitrogens with zero attached hydrogens (tertiary/aromatic N) is 6. The van der Waals surface area contributed by atoms with Crippen molar-refractivity contribution in [1.82, 2.24) is 24.8 Å². The molecule has 0 bridgehead atoms. The van der Waals surface area contributed by atoms with Crippen LogP contribution in [0.5, 0.6) is 0 Å². The summed E-state index contributed by atoms with van der Waals surface area (Å²) >= 11 is 0. The topological polar surface area (TPSA) is 80.5 Å². The molecular formula is C25H31N7O. The number of ether oxygens (including phenoxy) is 1. The molecule has 1 aromatic carbocycles. The summed E-state index contributed by atoms with van der Waals surface area (Å²) in [6.45, 7) is 6.94. The lowest BCUT2D eigenvalue weighted by Crippen LogP contribution is -2.22. The van der Waals surface area contributed by atoms with Gasteiger partial charge < -0.3 is 10.1 Å². The monoisotopic (exact) mass is 445 g/mol. The van der Waals surface area contributed by atoms with Gasteiger partial charge in [0.2, 0.25) is 11.8 Å². The molecule has 1 atom stereocenters. The van der Waals surface area contributed by atoms with Gasteiger partial charge in [0.1, 0.15) is 0 Å². The largest absolute Gasteiger partial charge is 0.456 e. The molecule has 5 rings (SSSR count). The van der Waals surface area contributed by atoms with Gasteiger partial charge in [-0.1, -0.05) is 39.3 Å². The fourth-order valence-electron chi connectivity index (χ4n) is 4.45. The van der Waals surface area contributed by atoms with Crippen LogP contribution >= 0.6 is 0 Å². The number of aryl methyl sites for hydroxylation is 2. The maximum absolute atomic E-state index is 5.94. The number of aromatic nitrogens is 4. The number of hydrogen-bond donors (Lipinski definition) is 1. The summed E-state index contributed by atoms with van der Waals surface area (Å²) in [5.41, 5.74) is 5.50. The van der Waals surface area contributed by atoms with Crippen LogP contribution in [0.15, 0.2) is 48.0 Å². The van der Waals surface area contributed by atoms with Crippen LogP contribution in [0.1, 0.15) is 57.2 Å². The van der Waals surface area contributed by atoms with E-state index in [1.807, 2.05) is 19.3 Å². The molecule has 0 radical (unpaired) electrons. The predicted octanol–water partition coefficient (Wildman–Crippen LogP) is 5.04. The van der Waals surface area contributed by atoms with Crippen LogP contribution in [0.4, 0.5) is 11.6 Å². The lowest BCUT2D eigenvalue weighted by Gasteiger charge is -2.25. The lowest BCUT2D eigenvalue weighted by atomic mass is 9.95. The molecule has 33 heavy (non-hydrogen) atoms. The highest BCUT2D eigenvalue weighted by Gasteiger charge is 2.32. The third-order valence-corrected chi connectivity index (χ3v) is 6.14. The number of hydrogen-bond acceptors (Lipinski definition) is 7. The molecule has 0 amide bonds. The molecule has 2 aliphatic rings. The Labute approximate surface area is 194 Å². The lowest BCUT2D eigenvalue weighted by molar-refractivity contribution is 0.112. The van der Waals surface area contributed by atoms with Crippen molar-refractivity contribution in [2.45, 2.75) is 52.5 Å². The van der Waals surface area contributed by atoms with Gasteiger partial charge in [-0.2, -0.15) is 5.10 Å². The minimum absolute atomic E-state index is 0.0826. The van der Waals surface area contributed by atoms with Crippen molar-refractivity contribution < 1.29 is 4.74 Å². The number of hydrazone groups is 1. The van der Waals surface area contributed by atoms with E-state index in [4.69, 9.17) is 14.8 Å². The van der Waals surface area contributed by atoms with Gasteiger partial charge in [-0.05, 0) is 42.5 Å². The Morgan fingerprint density at radius 2 is 2.03 bits per heavy atom. The maximum atomic E-state index is 5.94. The number of rotatable bonds is 4. The van der Waals surface area contributed by atoms with Crippen LogP contribution in [0.25, 0.3) is 11.3 Å². The Balaban J connectivity index is 1.42. The normalized spacial score (nSPS) is 18.4. The molecule has 0 fully saturated rings. The molecule has 172 valence electrons. The van der Waals surface area contributed by atoms with Crippen molar-refractivity contribution in [1.29, 1.82) is 0 Å². The Morgan fingerprint density at radius 1 is 1.15 bits per heavy atom. The van der Waals surface area contributed by atoms with Crippen LogP contribution in [0.3, 0.4) is 0 Å². The summed E-state index contributed by atoms with van der Waals surface area (Å²) in [5.74, 6) is 1.38. The molecule has 0 saturated heterocycles. The van der Waals surface area contributed by atoms with Crippen LogP contribution in [-0.2, 0) is 18.2 Å². The molecule has 3 heterocycles. The Bertz CT molecular complexity index is 1180. The SMILES string of the molecule is Cn1cc(Nc2nccc(-c3ccc4c(c3)CCCC[C@@H]4N3COC(C(C)(C)C)=N3)n2)cn1. The molecule has 0 unspecified atom stereocenters. The maximum Gasteiger partial charge on any atom is 0.227 e. The first-order valence-corrected chi connectivity index (χ1v) is 11.6. The predicted molar refractivity (Wildman–Crippen MR) is 129 cm³/mol. The highest BCUT2D eigenvalue weighted by Crippen LogP contribution is 2.37. The fraction of sp³-hybridized carbons (Fsp3) is 0.440. The van der Waals surface area contributed by atoms with E-state index >= 15 is 0 Å². The van der Waals surface area contributed by atoms with Crippen molar-refractivity contribution in [3.8, 4) is 11.3 Å². The molecule has 3 aromatic rings. The summed E-state index contributed by atoms with van der Waals surface area (Å²) in [6.07, 6.45) is 9.95. The van der Waals surface area contributed by atoms with Crippen LogP contribution < -0.4 is 5.32 Å². The number of fused-ring (bicyclic) bond motifs is 1. The van der Waals surface area contributed by atoms with Crippen molar-refractivity contribution in [3.05, 3.63) is 54.0 Å². The minimum Gasteiger partial charge on any atom is -0.456 e. The molecule has 1 aliphatic carbocycles. The van der Waals surface area contributed by atoms with E-state index < -0.39 is 0 Å². The summed E-state index contributed by atoms with van der Waals surface area (Å²) < 4.78 is 7.69. The summed E-state index contributed by atoms with van der Waals surface area (Å²) in [5, 5.41) is 14.4. The van der Waals surface area contributed by atoms with Crippen LogP contribution in [-0.4, -0.2) is 37.4 Å². The zero-order valence-electron chi connectivity index (χ0n) is 19.7. The molecule has 0 saturated carbocycles. The molecule has 1 N–H and O–H groups in total. The van der Waals surface area contributed by atoms with Crippen molar-refractivity contribution in [2.24, 2.45) is 17.6 Å². The van der Waals surface area contributed by atoms with Gasteiger partial charge in [-0.15, -0.1) is 5.10 Å². The molecule has 1 aliphatic heterocycles. The first-order valence-electron chi connectivity index (χ1n) is 11.6. The van der Waals surface area contributed by atoms with Gasteiger partial charge in [0.25, 0.3) is 0 Å². The first-order chi connectivity index (χ1) is 15.9. The smallest absolute Gasteiger partial charge is 0.227 e. The van der Waals surface area contributed by atoms with Crippen LogP contribution in [0.2, 0.25) is 0 Å².